The zero-order valence-electron chi connectivity index (χ0n) is 17.3. The van der Waals surface area contributed by atoms with Gasteiger partial charge in [-0.2, -0.15) is 14.5 Å². The Morgan fingerprint density at radius 3 is 2.71 bits per heavy atom. The van der Waals surface area contributed by atoms with E-state index in [1.54, 1.807) is 36.8 Å². The third kappa shape index (κ3) is 5.15. The van der Waals surface area contributed by atoms with Gasteiger partial charge in [0.2, 0.25) is 5.95 Å². The van der Waals surface area contributed by atoms with Crippen LogP contribution in [0, 0.1) is 5.95 Å². The van der Waals surface area contributed by atoms with Gasteiger partial charge in [-0.25, -0.2) is 14.5 Å². The molecule has 0 atom stereocenters. The van der Waals surface area contributed by atoms with Crippen molar-refractivity contribution < 1.29 is 9.18 Å². The monoisotopic (exact) mass is 424 g/mol. The van der Waals surface area contributed by atoms with Crippen molar-refractivity contribution in [1.82, 2.24) is 30.0 Å². The van der Waals surface area contributed by atoms with Crippen LogP contribution < -0.4 is 15.5 Å². The highest BCUT2D eigenvalue weighted by atomic mass is 19.1. The van der Waals surface area contributed by atoms with Crippen LogP contribution in [0.3, 0.4) is 0 Å². The maximum atomic E-state index is 14.6. The van der Waals surface area contributed by atoms with Gasteiger partial charge in [-0.3, -0.25) is 10.2 Å². The molecule has 1 fully saturated rings. The van der Waals surface area contributed by atoms with Crippen LogP contribution in [0.15, 0.2) is 48.9 Å². The molecule has 0 aromatic carbocycles. The summed E-state index contributed by atoms with van der Waals surface area (Å²) in [4.78, 5) is 24.2. The number of pyridine rings is 2. The molecule has 162 valence electrons. The Morgan fingerprint density at radius 1 is 1.16 bits per heavy atom. The van der Waals surface area contributed by atoms with Crippen LogP contribution in [-0.2, 0) is 6.54 Å². The number of aromatic nitrogens is 4. The van der Waals surface area contributed by atoms with Crippen molar-refractivity contribution in [3.8, 4) is 5.82 Å². The average molecular weight is 424 g/mol. The van der Waals surface area contributed by atoms with Crippen molar-refractivity contribution in [2.45, 2.75) is 13.5 Å². The number of carbonyl (C=O) groups is 1. The molecule has 1 aliphatic heterocycles. The second-order valence-corrected chi connectivity index (χ2v) is 7.23. The van der Waals surface area contributed by atoms with Gasteiger partial charge in [0.15, 0.2) is 5.82 Å². The summed E-state index contributed by atoms with van der Waals surface area (Å²) in [5, 5.41) is 9.50. The quantitative estimate of drug-likeness (QED) is 0.590. The molecule has 1 aliphatic rings. The lowest BCUT2D eigenvalue weighted by Crippen LogP contribution is -2.46. The van der Waals surface area contributed by atoms with E-state index in [9.17, 15) is 9.18 Å². The maximum Gasteiger partial charge on any atom is 0.320 e. The summed E-state index contributed by atoms with van der Waals surface area (Å²) < 4.78 is 16.2. The van der Waals surface area contributed by atoms with Crippen LogP contribution in [0.25, 0.3) is 5.82 Å². The molecule has 0 saturated carbocycles. The van der Waals surface area contributed by atoms with Crippen LogP contribution in [0.2, 0.25) is 0 Å². The van der Waals surface area contributed by atoms with E-state index in [1.165, 1.54) is 4.68 Å². The van der Waals surface area contributed by atoms with E-state index in [0.717, 1.165) is 25.2 Å². The number of hydrogen-bond donors (Lipinski definition) is 2. The lowest BCUT2D eigenvalue weighted by Gasteiger charge is -2.36. The summed E-state index contributed by atoms with van der Waals surface area (Å²) in [6.07, 6.45) is 5.06. The predicted octanol–water partition coefficient (Wildman–Crippen LogP) is 2.27. The van der Waals surface area contributed by atoms with E-state index in [2.05, 4.69) is 30.6 Å². The zero-order valence-corrected chi connectivity index (χ0v) is 17.3. The van der Waals surface area contributed by atoms with Gasteiger partial charge in [-0.15, -0.1) is 0 Å². The molecule has 2 amide bonds. The Bertz CT molecular complexity index is 1020. The zero-order chi connectivity index (χ0) is 21.6. The summed E-state index contributed by atoms with van der Waals surface area (Å²) in [5.74, 6) is 0.490. The predicted molar refractivity (Wildman–Crippen MR) is 116 cm³/mol. The molecule has 0 bridgehead atoms. The van der Waals surface area contributed by atoms with Gasteiger partial charge >= 0.3 is 6.03 Å². The van der Waals surface area contributed by atoms with Crippen molar-refractivity contribution in [2.24, 2.45) is 0 Å². The molecule has 2 N–H and O–H groups in total. The minimum atomic E-state index is -0.489. The molecule has 3 aromatic heterocycles. The molecule has 0 radical (unpaired) electrons. The Balaban J connectivity index is 1.33. The first-order valence-corrected chi connectivity index (χ1v) is 10.3. The number of piperazine rings is 1. The standard InChI is InChI=1S/C21H25FN8O/c1-2-23-21(31)26-18-14-16(6-8-24-18)15-28-10-12-29(13-11-28)17-4-5-19(27-20(17)22)30-9-3-7-25-30/h3-9,14H,2,10-13,15H2,1H3,(H2,23,24,26,31). The first kappa shape index (κ1) is 20.7. The van der Waals surface area contributed by atoms with E-state index in [4.69, 9.17) is 0 Å². The van der Waals surface area contributed by atoms with Crippen molar-refractivity contribution in [3.63, 3.8) is 0 Å². The van der Waals surface area contributed by atoms with Crippen molar-refractivity contribution in [2.75, 3.05) is 42.9 Å². The third-order valence-corrected chi connectivity index (χ3v) is 5.08. The molecular formula is C21H25FN8O. The number of amides is 2. The highest BCUT2D eigenvalue weighted by molar-refractivity contribution is 5.88. The van der Waals surface area contributed by atoms with Crippen LogP contribution in [0.5, 0.6) is 0 Å². The lowest BCUT2D eigenvalue weighted by atomic mass is 10.2. The van der Waals surface area contributed by atoms with Gasteiger partial charge in [0.25, 0.3) is 0 Å². The molecule has 4 heterocycles. The molecule has 4 rings (SSSR count). The van der Waals surface area contributed by atoms with Gasteiger partial charge in [-0.1, -0.05) is 0 Å². The molecular weight excluding hydrogens is 399 g/mol. The van der Waals surface area contributed by atoms with Crippen molar-refractivity contribution >= 4 is 17.5 Å². The minimum absolute atomic E-state index is 0.269. The number of carbonyl (C=O) groups excluding carboxylic acids is 1. The van der Waals surface area contributed by atoms with Crippen LogP contribution in [-0.4, -0.2) is 63.4 Å². The summed E-state index contributed by atoms with van der Waals surface area (Å²) in [6.45, 7) is 6.14. The SMILES string of the molecule is CCNC(=O)Nc1cc(CN2CCN(c3ccc(-n4cccn4)nc3F)CC2)ccn1. The summed E-state index contributed by atoms with van der Waals surface area (Å²) in [6, 6.07) is 8.85. The molecule has 10 heteroatoms. The second kappa shape index (κ2) is 9.52. The summed E-state index contributed by atoms with van der Waals surface area (Å²) in [7, 11) is 0. The maximum absolute atomic E-state index is 14.6. The van der Waals surface area contributed by atoms with Gasteiger partial charge in [0, 0.05) is 57.9 Å². The summed E-state index contributed by atoms with van der Waals surface area (Å²) >= 11 is 0. The fourth-order valence-electron chi connectivity index (χ4n) is 3.55. The second-order valence-electron chi connectivity index (χ2n) is 7.23. The van der Waals surface area contributed by atoms with Gasteiger partial charge in [0.05, 0.1) is 5.69 Å². The van der Waals surface area contributed by atoms with Crippen molar-refractivity contribution in [3.05, 3.63) is 60.4 Å². The number of hydrogen-bond acceptors (Lipinski definition) is 6. The van der Waals surface area contributed by atoms with Crippen LogP contribution >= 0.6 is 0 Å². The molecule has 0 unspecified atom stereocenters. The van der Waals surface area contributed by atoms with Gasteiger partial charge in [-0.05, 0) is 42.8 Å². The number of urea groups is 1. The first-order valence-electron chi connectivity index (χ1n) is 10.3. The first-order chi connectivity index (χ1) is 15.1. The fraction of sp³-hybridized carbons (Fsp3) is 0.333. The molecule has 3 aromatic rings. The lowest BCUT2D eigenvalue weighted by molar-refractivity contribution is 0.249. The molecule has 1 saturated heterocycles. The fourth-order valence-corrected chi connectivity index (χ4v) is 3.55. The van der Waals surface area contributed by atoms with E-state index in [1.807, 2.05) is 24.0 Å². The largest absolute Gasteiger partial charge is 0.365 e. The van der Waals surface area contributed by atoms with Crippen molar-refractivity contribution in [1.29, 1.82) is 0 Å². The van der Waals surface area contributed by atoms with Crippen LogP contribution in [0.4, 0.5) is 20.7 Å². The molecule has 9 nitrogen and oxygen atoms in total. The molecule has 0 aliphatic carbocycles. The Hall–Kier alpha value is -3.53. The number of rotatable bonds is 6. The average Bonchev–Trinajstić information content (AvgIpc) is 3.30. The number of nitrogens with one attached hydrogen (secondary N) is 2. The Kier molecular flexibility index (Phi) is 6.37. The number of nitrogens with zero attached hydrogens (tertiary/aromatic N) is 6. The Morgan fingerprint density at radius 2 is 2.00 bits per heavy atom. The van der Waals surface area contributed by atoms with E-state index in [-0.39, 0.29) is 6.03 Å². The molecule has 31 heavy (non-hydrogen) atoms. The third-order valence-electron chi connectivity index (χ3n) is 5.08. The smallest absolute Gasteiger partial charge is 0.320 e. The van der Waals surface area contributed by atoms with Crippen LogP contribution in [0.1, 0.15) is 12.5 Å². The highest BCUT2D eigenvalue weighted by Gasteiger charge is 2.21. The number of anilines is 2. The normalized spacial score (nSPS) is 14.5. The van der Waals surface area contributed by atoms with E-state index >= 15 is 0 Å². The van der Waals surface area contributed by atoms with E-state index in [0.29, 0.717) is 37.0 Å². The Labute approximate surface area is 179 Å². The molecule has 0 spiro atoms. The minimum Gasteiger partial charge on any atom is -0.365 e. The van der Waals surface area contributed by atoms with E-state index < -0.39 is 5.95 Å². The van der Waals surface area contributed by atoms with Gasteiger partial charge < -0.3 is 10.2 Å². The van der Waals surface area contributed by atoms with Gasteiger partial charge in [0.1, 0.15) is 5.82 Å². The highest BCUT2D eigenvalue weighted by Crippen LogP contribution is 2.21. The number of halogens is 1. The topological polar surface area (TPSA) is 91.2 Å². The summed E-state index contributed by atoms with van der Waals surface area (Å²) in [5.41, 5.74) is 1.57.